The molecule has 29 heavy (non-hydrogen) atoms. The Hall–Kier alpha value is -2.42. The van der Waals surface area contributed by atoms with Gasteiger partial charge in [0.05, 0.1) is 6.20 Å². The molecule has 2 aromatic rings. The zero-order valence-corrected chi connectivity index (χ0v) is 17.6. The summed E-state index contributed by atoms with van der Waals surface area (Å²) in [5, 5.41) is 13.0. The number of urea groups is 1. The van der Waals surface area contributed by atoms with E-state index < -0.39 is 0 Å². The number of hydrogen-bond acceptors (Lipinski definition) is 5. The fourth-order valence-corrected chi connectivity index (χ4v) is 4.82. The molecule has 0 atom stereocenters. The number of hydrogen-bond donors (Lipinski definition) is 2. The van der Waals surface area contributed by atoms with Crippen molar-refractivity contribution in [2.24, 2.45) is 7.05 Å². The van der Waals surface area contributed by atoms with Gasteiger partial charge in [0.25, 0.3) is 5.91 Å². The van der Waals surface area contributed by atoms with Gasteiger partial charge in [0, 0.05) is 49.4 Å². The molecule has 0 bridgehead atoms. The normalized spacial score (nSPS) is 18.6. The van der Waals surface area contributed by atoms with Gasteiger partial charge in [0.1, 0.15) is 10.7 Å². The molecule has 2 aromatic heterocycles. The number of nitrogens with one attached hydrogen (secondary N) is 2. The van der Waals surface area contributed by atoms with Gasteiger partial charge < -0.3 is 15.5 Å². The average molecular weight is 417 g/mol. The van der Waals surface area contributed by atoms with Gasteiger partial charge in [-0.3, -0.25) is 9.48 Å². The van der Waals surface area contributed by atoms with Crippen molar-refractivity contribution in [1.82, 2.24) is 30.3 Å². The zero-order chi connectivity index (χ0) is 20.2. The van der Waals surface area contributed by atoms with Crippen LogP contribution in [0.1, 0.15) is 55.4 Å². The minimum Gasteiger partial charge on any atom is -0.348 e. The van der Waals surface area contributed by atoms with Gasteiger partial charge >= 0.3 is 6.03 Å². The van der Waals surface area contributed by atoms with Crippen LogP contribution in [0.2, 0.25) is 0 Å². The lowest BCUT2D eigenvalue weighted by Gasteiger charge is -2.34. The summed E-state index contributed by atoms with van der Waals surface area (Å²) >= 11 is 1.44. The van der Waals surface area contributed by atoms with Crippen LogP contribution < -0.4 is 10.6 Å². The third kappa shape index (κ3) is 4.95. The van der Waals surface area contributed by atoms with Crippen molar-refractivity contribution in [2.45, 2.75) is 57.0 Å². The third-order valence-corrected chi connectivity index (χ3v) is 6.63. The molecule has 156 valence electrons. The number of carbonyl (C=O) groups excluding carboxylic acids is 2. The number of aryl methyl sites for hydroxylation is 1. The SMILES string of the molecule is Cn1cc(-c2nc(C(=O)NC3CCN(C(=O)NC4CCCCC4)CC3)cs2)cn1. The second-order valence-corrected chi connectivity index (χ2v) is 8.82. The zero-order valence-electron chi connectivity index (χ0n) is 16.8. The van der Waals surface area contributed by atoms with E-state index in [0.717, 1.165) is 36.3 Å². The second-order valence-electron chi connectivity index (χ2n) is 7.96. The molecule has 1 saturated carbocycles. The first-order valence-electron chi connectivity index (χ1n) is 10.4. The van der Waals surface area contributed by atoms with Gasteiger partial charge in [-0.05, 0) is 25.7 Å². The molecule has 9 heteroatoms. The summed E-state index contributed by atoms with van der Waals surface area (Å²) < 4.78 is 1.72. The van der Waals surface area contributed by atoms with E-state index in [4.69, 9.17) is 0 Å². The van der Waals surface area contributed by atoms with Gasteiger partial charge in [-0.2, -0.15) is 5.10 Å². The summed E-state index contributed by atoms with van der Waals surface area (Å²) in [4.78, 5) is 31.3. The van der Waals surface area contributed by atoms with Crippen molar-refractivity contribution >= 4 is 23.3 Å². The van der Waals surface area contributed by atoms with Crippen molar-refractivity contribution in [2.75, 3.05) is 13.1 Å². The van der Waals surface area contributed by atoms with E-state index in [1.807, 2.05) is 18.1 Å². The quantitative estimate of drug-likeness (QED) is 0.802. The smallest absolute Gasteiger partial charge is 0.317 e. The Morgan fingerprint density at radius 3 is 2.48 bits per heavy atom. The summed E-state index contributed by atoms with van der Waals surface area (Å²) in [6.45, 7) is 1.34. The highest BCUT2D eigenvalue weighted by atomic mass is 32.1. The lowest BCUT2D eigenvalue weighted by molar-refractivity contribution is 0.0913. The number of carbonyl (C=O) groups is 2. The highest BCUT2D eigenvalue weighted by molar-refractivity contribution is 7.13. The Morgan fingerprint density at radius 2 is 1.79 bits per heavy atom. The van der Waals surface area contributed by atoms with E-state index in [1.165, 1.54) is 30.6 Å². The van der Waals surface area contributed by atoms with E-state index in [1.54, 1.807) is 16.3 Å². The van der Waals surface area contributed by atoms with E-state index >= 15 is 0 Å². The monoisotopic (exact) mass is 416 g/mol. The molecule has 3 heterocycles. The van der Waals surface area contributed by atoms with Crippen LogP contribution >= 0.6 is 11.3 Å². The molecule has 1 aliphatic carbocycles. The number of nitrogens with zero attached hydrogens (tertiary/aromatic N) is 4. The molecule has 0 aromatic carbocycles. The van der Waals surface area contributed by atoms with Crippen LogP contribution in [0, 0.1) is 0 Å². The fourth-order valence-electron chi connectivity index (χ4n) is 4.04. The Balaban J connectivity index is 1.24. The molecule has 4 rings (SSSR count). The first-order valence-corrected chi connectivity index (χ1v) is 11.3. The van der Waals surface area contributed by atoms with Crippen molar-refractivity contribution in [1.29, 1.82) is 0 Å². The van der Waals surface area contributed by atoms with Crippen molar-refractivity contribution in [3.63, 3.8) is 0 Å². The topological polar surface area (TPSA) is 92.2 Å². The molecule has 1 saturated heterocycles. The van der Waals surface area contributed by atoms with Crippen LogP contribution in [0.3, 0.4) is 0 Å². The van der Waals surface area contributed by atoms with Crippen molar-refractivity contribution in [3.8, 4) is 10.6 Å². The van der Waals surface area contributed by atoms with Crippen molar-refractivity contribution < 1.29 is 9.59 Å². The van der Waals surface area contributed by atoms with Gasteiger partial charge in [-0.15, -0.1) is 11.3 Å². The van der Waals surface area contributed by atoms with Gasteiger partial charge in [-0.1, -0.05) is 19.3 Å². The summed E-state index contributed by atoms with van der Waals surface area (Å²) in [5.74, 6) is -0.151. The van der Waals surface area contributed by atoms with Gasteiger partial charge in [-0.25, -0.2) is 9.78 Å². The van der Waals surface area contributed by atoms with Crippen LogP contribution in [-0.4, -0.2) is 56.8 Å². The lowest BCUT2D eigenvalue weighted by Crippen LogP contribution is -2.51. The molecule has 1 aliphatic heterocycles. The first kappa shape index (κ1) is 19.9. The predicted octanol–water partition coefficient (Wildman–Crippen LogP) is 2.78. The molecule has 0 unspecified atom stereocenters. The first-order chi connectivity index (χ1) is 14.1. The number of aromatic nitrogens is 3. The van der Waals surface area contributed by atoms with Crippen LogP contribution in [-0.2, 0) is 7.05 Å². The summed E-state index contributed by atoms with van der Waals surface area (Å²) in [5.41, 5.74) is 1.35. The molecular formula is C20H28N6O2S. The van der Waals surface area contributed by atoms with Crippen molar-refractivity contribution in [3.05, 3.63) is 23.5 Å². The minimum absolute atomic E-state index is 0.0438. The predicted molar refractivity (Wildman–Crippen MR) is 112 cm³/mol. The number of likely N-dealkylation sites (tertiary alicyclic amines) is 1. The molecule has 8 nitrogen and oxygen atoms in total. The average Bonchev–Trinajstić information content (AvgIpc) is 3.38. The maximum absolute atomic E-state index is 12.6. The number of thiazole rings is 1. The maximum Gasteiger partial charge on any atom is 0.317 e. The molecule has 2 aliphatic rings. The second kappa shape index (κ2) is 8.94. The van der Waals surface area contributed by atoms with Crippen LogP contribution in [0.15, 0.2) is 17.8 Å². The molecule has 0 spiro atoms. The van der Waals surface area contributed by atoms with Crippen LogP contribution in [0.5, 0.6) is 0 Å². The van der Waals surface area contributed by atoms with E-state index in [9.17, 15) is 9.59 Å². The minimum atomic E-state index is -0.151. The Morgan fingerprint density at radius 1 is 1.07 bits per heavy atom. The van der Waals surface area contributed by atoms with Gasteiger partial charge in [0.15, 0.2) is 0 Å². The Bertz CT molecular complexity index is 849. The Labute approximate surface area is 174 Å². The van der Waals surface area contributed by atoms with E-state index in [0.29, 0.717) is 24.8 Å². The molecule has 3 amide bonds. The lowest BCUT2D eigenvalue weighted by atomic mass is 9.95. The number of rotatable bonds is 4. The number of amides is 3. The van der Waals surface area contributed by atoms with Gasteiger partial charge in [0.2, 0.25) is 0 Å². The highest BCUT2D eigenvalue weighted by Gasteiger charge is 2.26. The largest absolute Gasteiger partial charge is 0.348 e. The maximum atomic E-state index is 12.6. The molecule has 2 N–H and O–H groups in total. The van der Waals surface area contributed by atoms with Crippen LogP contribution in [0.4, 0.5) is 4.79 Å². The van der Waals surface area contributed by atoms with E-state index in [-0.39, 0.29) is 18.0 Å². The summed E-state index contributed by atoms with van der Waals surface area (Å²) in [6.07, 6.45) is 11.0. The molecule has 2 fully saturated rings. The highest BCUT2D eigenvalue weighted by Crippen LogP contribution is 2.23. The number of piperidine rings is 1. The third-order valence-electron chi connectivity index (χ3n) is 5.74. The Kier molecular flexibility index (Phi) is 6.13. The molecule has 0 radical (unpaired) electrons. The summed E-state index contributed by atoms with van der Waals surface area (Å²) in [6, 6.07) is 0.444. The van der Waals surface area contributed by atoms with E-state index in [2.05, 4.69) is 20.7 Å². The standard InChI is InChI=1S/C20H28N6O2S/c1-25-12-14(11-21-25)19-24-17(13-29-19)18(27)22-16-7-9-26(10-8-16)20(28)23-15-5-3-2-4-6-15/h11-13,15-16H,2-10H2,1H3,(H,22,27)(H,23,28). The molecular weight excluding hydrogens is 388 g/mol. The fraction of sp³-hybridized carbons (Fsp3) is 0.600. The van der Waals surface area contributed by atoms with Crippen LogP contribution in [0.25, 0.3) is 10.6 Å². The summed E-state index contributed by atoms with van der Waals surface area (Å²) in [7, 11) is 1.85.